The predicted molar refractivity (Wildman–Crippen MR) is 83.9 cm³/mol. The van der Waals surface area contributed by atoms with E-state index in [9.17, 15) is 18.0 Å². The van der Waals surface area contributed by atoms with E-state index in [1.807, 2.05) is 0 Å². The molecule has 0 fully saturated rings. The van der Waals surface area contributed by atoms with Crippen molar-refractivity contribution in [1.29, 1.82) is 0 Å². The summed E-state index contributed by atoms with van der Waals surface area (Å²) in [5.41, 5.74) is -0.848. The van der Waals surface area contributed by atoms with Gasteiger partial charge in [-0.15, -0.1) is 0 Å². The molecule has 0 spiro atoms. The minimum absolute atomic E-state index is 0.0433. The number of nitrogens with zero attached hydrogens (tertiary/aromatic N) is 2. The van der Waals surface area contributed by atoms with Crippen LogP contribution in [0.25, 0.3) is 0 Å². The molecule has 0 aliphatic carbocycles. The maximum absolute atomic E-state index is 12.4. The van der Waals surface area contributed by atoms with Crippen molar-refractivity contribution >= 4 is 10.0 Å². The Morgan fingerprint density at radius 1 is 1.17 bits per heavy atom. The van der Waals surface area contributed by atoms with Gasteiger partial charge in [-0.25, -0.2) is 17.9 Å². The first-order valence-electron chi connectivity index (χ1n) is 6.66. The van der Waals surface area contributed by atoms with Crippen molar-refractivity contribution in [3.63, 3.8) is 0 Å². The van der Waals surface area contributed by atoms with Gasteiger partial charge in [0, 0.05) is 32.4 Å². The normalized spacial score (nSPS) is 11.4. The maximum atomic E-state index is 12.4. The van der Waals surface area contributed by atoms with Crippen LogP contribution in [0.1, 0.15) is 5.56 Å². The minimum atomic E-state index is -4.07. The van der Waals surface area contributed by atoms with E-state index >= 15 is 0 Å². The quantitative estimate of drug-likeness (QED) is 0.797. The summed E-state index contributed by atoms with van der Waals surface area (Å²) >= 11 is 0. The molecule has 1 aromatic heterocycles. The topological polar surface area (TPSA) is 99.4 Å². The molecule has 2 aromatic rings. The molecular formula is C14H17N3O5S. The van der Waals surface area contributed by atoms with Gasteiger partial charge in [-0.05, 0) is 6.07 Å². The first kappa shape index (κ1) is 17.0. The Balaban J connectivity index is 2.37. The lowest BCUT2D eigenvalue weighted by atomic mass is 10.2. The second kappa shape index (κ2) is 6.39. The lowest BCUT2D eigenvalue weighted by Gasteiger charge is -2.11. The van der Waals surface area contributed by atoms with Gasteiger partial charge in [-0.2, -0.15) is 0 Å². The molecule has 0 radical (unpaired) electrons. The molecule has 0 aliphatic rings. The Labute approximate surface area is 133 Å². The number of benzene rings is 1. The highest BCUT2D eigenvalue weighted by Gasteiger charge is 2.21. The minimum Gasteiger partial charge on any atom is -0.496 e. The van der Waals surface area contributed by atoms with Gasteiger partial charge in [0.15, 0.2) is 4.90 Å². The average Bonchev–Trinajstić information content (AvgIpc) is 2.54. The van der Waals surface area contributed by atoms with E-state index < -0.39 is 26.2 Å². The Kier molecular flexibility index (Phi) is 4.71. The molecule has 124 valence electrons. The fourth-order valence-corrected chi connectivity index (χ4v) is 3.22. The predicted octanol–water partition coefficient (Wildman–Crippen LogP) is -0.429. The highest BCUT2D eigenvalue weighted by molar-refractivity contribution is 7.89. The number of para-hydroxylation sites is 1. The van der Waals surface area contributed by atoms with Gasteiger partial charge in [-0.3, -0.25) is 9.36 Å². The molecule has 1 heterocycles. The number of rotatable bonds is 5. The molecule has 1 N–H and O–H groups in total. The van der Waals surface area contributed by atoms with E-state index in [2.05, 4.69) is 4.72 Å². The number of aromatic nitrogens is 2. The molecule has 0 amide bonds. The number of hydrogen-bond donors (Lipinski definition) is 1. The third-order valence-corrected chi connectivity index (χ3v) is 4.73. The number of ether oxygens (including phenoxy) is 1. The summed E-state index contributed by atoms with van der Waals surface area (Å²) in [6.45, 7) is -0.0433. The van der Waals surface area contributed by atoms with Crippen molar-refractivity contribution in [3.8, 4) is 5.75 Å². The van der Waals surface area contributed by atoms with Crippen LogP contribution in [0.15, 0.2) is 44.9 Å². The van der Waals surface area contributed by atoms with Gasteiger partial charge in [0.05, 0.1) is 7.11 Å². The highest BCUT2D eigenvalue weighted by atomic mass is 32.2. The third-order valence-electron chi connectivity index (χ3n) is 3.35. The van der Waals surface area contributed by atoms with Crippen molar-refractivity contribution in [2.75, 3.05) is 7.11 Å². The number of hydrogen-bond acceptors (Lipinski definition) is 5. The van der Waals surface area contributed by atoms with Gasteiger partial charge in [0.1, 0.15) is 5.75 Å². The van der Waals surface area contributed by atoms with Crippen LogP contribution in [0.4, 0.5) is 0 Å². The maximum Gasteiger partial charge on any atom is 0.330 e. The zero-order chi connectivity index (χ0) is 17.2. The zero-order valence-corrected chi connectivity index (χ0v) is 13.8. The van der Waals surface area contributed by atoms with E-state index in [1.54, 1.807) is 24.3 Å². The highest BCUT2D eigenvalue weighted by Crippen LogP contribution is 2.17. The van der Waals surface area contributed by atoms with Gasteiger partial charge in [0.25, 0.3) is 5.56 Å². The number of methoxy groups -OCH3 is 1. The number of nitrogens with one attached hydrogen (secondary N) is 1. The average molecular weight is 339 g/mol. The smallest absolute Gasteiger partial charge is 0.330 e. The molecule has 0 saturated carbocycles. The van der Waals surface area contributed by atoms with Crippen LogP contribution >= 0.6 is 0 Å². The number of aryl methyl sites for hydroxylation is 1. The molecule has 0 atom stereocenters. The Morgan fingerprint density at radius 3 is 2.48 bits per heavy atom. The second-order valence-electron chi connectivity index (χ2n) is 4.89. The van der Waals surface area contributed by atoms with Crippen LogP contribution in [-0.4, -0.2) is 24.7 Å². The molecule has 0 aliphatic heterocycles. The van der Waals surface area contributed by atoms with Crippen molar-refractivity contribution in [3.05, 3.63) is 56.9 Å². The van der Waals surface area contributed by atoms with Crippen molar-refractivity contribution in [2.45, 2.75) is 11.4 Å². The molecule has 23 heavy (non-hydrogen) atoms. The Hall–Kier alpha value is -2.39. The van der Waals surface area contributed by atoms with Crippen molar-refractivity contribution in [1.82, 2.24) is 13.9 Å². The Bertz CT molecular complexity index is 944. The fourth-order valence-electron chi connectivity index (χ4n) is 2.06. The molecule has 0 unspecified atom stereocenters. The summed E-state index contributed by atoms with van der Waals surface area (Å²) in [6, 6.07) is 6.92. The SMILES string of the molecule is COc1ccccc1CNS(=O)(=O)c1cn(C)c(=O)n(C)c1=O. The Morgan fingerprint density at radius 2 is 1.83 bits per heavy atom. The van der Waals surface area contributed by atoms with Crippen LogP contribution in [0.5, 0.6) is 5.75 Å². The first-order valence-corrected chi connectivity index (χ1v) is 8.14. The number of sulfonamides is 1. The van der Waals surface area contributed by atoms with Gasteiger partial charge in [-0.1, -0.05) is 18.2 Å². The third kappa shape index (κ3) is 3.35. The first-order chi connectivity index (χ1) is 10.8. The standard InChI is InChI=1S/C14H17N3O5S/c1-16-9-12(13(18)17(2)14(16)19)23(20,21)15-8-10-6-4-5-7-11(10)22-3/h4-7,9,15H,8H2,1-3H3. The molecule has 0 bridgehead atoms. The molecule has 0 saturated heterocycles. The lowest BCUT2D eigenvalue weighted by molar-refractivity contribution is 0.409. The summed E-state index contributed by atoms with van der Waals surface area (Å²) < 4.78 is 34.0. The molecule has 2 rings (SSSR count). The summed E-state index contributed by atoms with van der Waals surface area (Å²) in [5.74, 6) is 0.531. The summed E-state index contributed by atoms with van der Waals surface area (Å²) in [5, 5.41) is 0. The van der Waals surface area contributed by atoms with Gasteiger partial charge >= 0.3 is 5.69 Å². The van der Waals surface area contributed by atoms with Crippen molar-refractivity contribution in [2.24, 2.45) is 14.1 Å². The van der Waals surface area contributed by atoms with E-state index in [-0.39, 0.29) is 6.54 Å². The zero-order valence-electron chi connectivity index (χ0n) is 12.9. The van der Waals surface area contributed by atoms with E-state index in [1.165, 1.54) is 21.2 Å². The monoisotopic (exact) mass is 339 g/mol. The van der Waals surface area contributed by atoms with E-state index in [0.29, 0.717) is 11.3 Å². The van der Waals surface area contributed by atoms with Gasteiger partial charge in [0.2, 0.25) is 10.0 Å². The van der Waals surface area contributed by atoms with Crippen LogP contribution in [0.3, 0.4) is 0 Å². The van der Waals surface area contributed by atoms with Crippen LogP contribution in [0, 0.1) is 0 Å². The molecule has 9 heteroatoms. The van der Waals surface area contributed by atoms with E-state index in [0.717, 1.165) is 15.3 Å². The van der Waals surface area contributed by atoms with Crippen molar-refractivity contribution < 1.29 is 13.2 Å². The lowest BCUT2D eigenvalue weighted by Crippen LogP contribution is -2.41. The fraction of sp³-hybridized carbons (Fsp3) is 0.286. The van der Waals surface area contributed by atoms with E-state index in [4.69, 9.17) is 4.74 Å². The van der Waals surface area contributed by atoms with Crippen LogP contribution in [0.2, 0.25) is 0 Å². The van der Waals surface area contributed by atoms with Crippen LogP contribution in [-0.2, 0) is 30.7 Å². The molecule has 8 nitrogen and oxygen atoms in total. The molecule has 1 aromatic carbocycles. The summed E-state index contributed by atoms with van der Waals surface area (Å²) in [7, 11) is 0.00981. The summed E-state index contributed by atoms with van der Waals surface area (Å²) in [4.78, 5) is 23.2. The van der Waals surface area contributed by atoms with Crippen LogP contribution < -0.4 is 20.7 Å². The van der Waals surface area contributed by atoms with Gasteiger partial charge < -0.3 is 9.30 Å². The second-order valence-corrected chi connectivity index (χ2v) is 6.62. The summed E-state index contributed by atoms with van der Waals surface area (Å²) in [6.07, 6.45) is 1.01. The largest absolute Gasteiger partial charge is 0.496 e. The molecular weight excluding hydrogens is 322 g/mol.